The Bertz CT molecular complexity index is 1420. The van der Waals surface area contributed by atoms with Crippen molar-refractivity contribution >= 4 is 28.9 Å². The molecule has 1 fully saturated rings. The molecule has 0 bridgehead atoms. The van der Waals surface area contributed by atoms with Crippen LogP contribution >= 0.6 is 11.6 Å². The smallest absolute Gasteiger partial charge is 0.351 e. The number of ketones is 1. The number of phenolic OH excluding ortho intramolecular Hbond substituents is 1. The third kappa shape index (κ3) is 5.08. The van der Waals surface area contributed by atoms with E-state index in [1.54, 1.807) is 42.6 Å². The molecule has 0 spiro atoms. The van der Waals surface area contributed by atoms with Gasteiger partial charge in [-0.1, -0.05) is 18.5 Å². The van der Waals surface area contributed by atoms with Crippen LogP contribution in [-0.4, -0.2) is 56.4 Å². The number of benzene rings is 2. The first-order valence-electron chi connectivity index (χ1n) is 12.2. The first kappa shape index (κ1) is 24.6. The zero-order valence-corrected chi connectivity index (χ0v) is 21.1. The average molecular weight is 519 g/mol. The summed E-state index contributed by atoms with van der Waals surface area (Å²) >= 11 is 5.94. The van der Waals surface area contributed by atoms with Gasteiger partial charge in [0.1, 0.15) is 23.9 Å². The molecule has 3 heterocycles. The van der Waals surface area contributed by atoms with Gasteiger partial charge in [0.2, 0.25) is 0 Å². The summed E-state index contributed by atoms with van der Waals surface area (Å²) < 4.78 is 2.63. The number of phenols is 1. The van der Waals surface area contributed by atoms with Crippen molar-refractivity contribution in [2.24, 2.45) is 0 Å². The third-order valence-electron chi connectivity index (χ3n) is 6.64. The predicted octanol–water partition coefficient (Wildman–Crippen LogP) is 3.95. The normalized spacial score (nSPS) is 14.5. The highest BCUT2D eigenvalue weighted by atomic mass is 35.5. The fourth-order valence-electron chi connectivity index (χ4n) is 4.55. The van der Waals surface area contributed by atoms with Crippen molar-refractivity contribution < 1.29 is 9.90 Å². The van der Waals surface area contributed by atoms with Crippen molar-refractivity contribution in [1.82, 2.24) is 19.3 Å². The minimum absolute atomic E-state index is 0.188. The summed E-state index contributed by atoms with van der Waals surface area (Å²) in [7, 11) is 0. The molecule has 2 aromatic heterocycles. The zero-order chi connectivity index (χ0) is 25.9. The molecule has 0 aliphatic carbocycles. The largest absolute Gasteiger partial charge is 0.508 e. The van der Waals surface area contributed by atoms with Crippen LogP contribution in [0, 0.1) is 0 Å². The monoisotopic (exact) mass is 518 g/mol. The van der Waals surface area contributed by atoms with E-state index < -0.39 is 11.7 Å². The maximum absolute atomic E-state index is 13.2. The van der Waals surface area contributed by atoms with Crippen molar-refractivity contribution in [3.8, 4) is 11.4 Å². The number of hydrogen-bond donors (Lipinski definition) is 1. The molecule has 10 heteroatoms. The van der Waals surface area contributed by atoms with Gasteiger partial charge in [-0.15, -0.1) is 0 Å². The fraction of sp³-hybridized carbons (Fsp3) is 0.259. The summed E-state index contributed by atoms with van der Waals surface area (Å²) in [6.45, 7) is 5.12. The van der Waals surface area contributed by atoms with Crippen molar-refractivity contribution in [3.63, 3.8) is 0 Å². The lowest BCUT2D eigenvalue weighted by atomic mass is 10.0. The first-order valence-corrected chi connectivity index (χ1v) is 12.5. The third-order valence-corrected chi connectivity index (χ3v) is 6.89. The highest BCUT2D eigenvalue weighted by Gasteiger charge is 2.24. The summed E-state index contributed by atoms with van der Waals surface area (Å²) in [6.07, 6.45) is 3.50. The number of Topliss-reactive ketones (excluding diaryl/α,β-unsaturated/α-hetero) is 1. The number of carbonyl (C=O) groups excluding carboxylic acids is 1. The number of piperazine rings is 1. The van der Waals surface area contributed by atoms with Crippen molar-refractivity contribution in [2.75, 3.05) is 36.0 Å². The van der Waals surface area contributed by atoms with Gasteiger partial charge in [0.05, 0.1) is 11.9 Å². The second-order valence-electron chi connectivity index (χ2n) is 8.89. The van der Waals surface area contributed by atoms with Gasteiger partial charge in [0.15, 0.2) is 5.78 Å². The molecule has 2 aromatic carbocycles. The van der Waals surface area contributed by atoms with Gasteiger partial charge in [0.25, 0.3) is 0 Å². The maximum atomic E-state index is 13.2. The Morgan fingerprint density at radius 3 is 2.22 bits per heavy atom. The summed E-state index contributed by atoms with van der Waals surface area (Å²) in [5, 5.41) is 14.3. The van der Waals surface area contributed by atoms with Gasteiger partial charge >= 0.3 is 5.69 Å². The predicted molar refractivity (Wildman–Crippen MR) is 143 cm³/mol. The minimum Gasteiger partial charge on any atom is -0.508 e. The van der Waals surface area contributed by atoms with E-state index in [9.17, 15) is 14.7 Å². The van der Waals surface area contributed by atoms with Crippen LogP contribution in [0.3, 0.4) is 0 Å². The van der Waals surface area contributed by atoms with Crippen LogP contribution in [-0.2, 0) is 0 Å². The van der Waals surface area contributed by atoms with E-state index in [2.05, 4.69) is 19.9 Å². The van der Waals surface area contributed by atoms with Gasteiger partial charge < -0.3 is 14.9 Å². The summed E-state index contributed by atoms with van der Waals surface area (Å²) in [5.74, 6) is 0.903. The summed E-state index contributed by atoms with van der Waals surface area (Å²) in [4.78, 5) is 35.3. The summed E-state index contributed by atoms with van der Waals surface area (Å²) in [5.41, 5.74) is 1.74. The Labute approximate surface area is 219 Å². The Kier molecular flexibility index (Phi) is 6.96. The Hall–Kier alpha value is -4.11. The van der Waals surface area contributed by atoms with Crippen LogP contribution < -0.4 is 15.5 Å². The van der Waals surface area contributed by atoms with E-state index in [4.69, 9.17) is 11.6 Å². The molecular weight excluding hydrogens is 492 g/mol. The number of carbonyl (C=O) groups is 1. The molecule has 5 rings (SSSR count). The number of rotatable bonds is 7. The molecule has 0 radical (unpaired) electrons. The average Bonchev–Trinajstić information content (AvgIpc) is 3.31. The van der Waals surface area contributed by atoms with E-state index in [0.717, 1.165) is 37.7 Å². The zero-order valence-electron chi connectivity index (χ0n) is 20.4. The molecule has 9 nitrogen and oxygen atoms in total. The van der Waals surface area contributed by atoms with Crippen LogP contribution in [0.25, 0.3) is 5.69 Å². The van der Waals surface area contributed by atoms with E-state index in [1.807, 2.05) is 31.2 Å². The minimum atomic E-state index is -0.716. The van der Waals surface area contributed by atoms with E-state index in [0.29, 0.717) is 22.7 Å². The molecular formula is C27H27ClN6O3. The molecule has 1 saturated heterocycles. The molecule has 1 N–H and O–H groups in total. The second-order valence-corrected chi connectivity index (χ2v) is 9.32. The molecule has 0 saturated carbocycles. The highest BCUT2D eigenvalue weighted by molar-refractivity contribution is 6.30. The van der Waals surface area contributed by atoms with Gasteiger partial charge in [-0.25, -0.2) is 19.0 Å². The number of pyridine rings is 1. The molecule has 37 heavy (non-hydrogen) atoms. The van der Waals surface area contributed by atoms with E-state index in [1.165, 1.54) is 15.6 Å². The van der Waals surface area contributed by atoms with Gasteiger partial charge in [-0.3, -0.25) is 4.79 Å². The number of aromatic hydroxyl groups is 1. The number of hydrogen-bond acceptors (Lipinski definition) is 7. The lowest BCUT2D eigenvalue weighted by Gasteiger charge is -2.36. The van der Waals surface area contributed by atoms with Crippen LogP contribution in [0.2, 0.25) is 5.02 Å². The topological polar surface area (TPSA) is 96.5 Å². The molecule has 0 amide bonds. The molecule has 1 aliphatic rings. The van der Waals surface area contributed by atoms with Crippen molar-refractivity contribution in [3.05, 3.63) is 94.3 Å². The van der Waals surface area contributed by atoms with E-state index >= 15 is 0 Å². The van der Waals surface area contributed by atoms with Gasteiger partial charge in [-0.2, -0.15) is 5.10 Å². The van der Waals surface area contributed by atoms with Crippen LogP contribution in [0.1, 0.15) is 29.7 Å². The van der Waals surface area contributed by atoms with Crippen molar-refractivity contribution in [2.45, 2.75) is 19.4 Å². The lowest BCUT2D eigenvalue weighted by molar-refractivity contribution is 0.0911. The standard InChI is InChI=1S/C27H27ClN6O3/c1-2-24(26(36)19-3-5-20(28)6-4-19)34-27(37)33(18-30-34)22-9-12-25(29-17-22)32-15-13-31(14-16-32)21-7-10-23(35)11-8-21/h3-12,17-18,24,35H,2,13-16H2,1H3. The Morgan fingerprint density at radius 1 is 0.946 bits per heavy atom. The number of anilines is 2. The Balaban J connectivity index is 1.28. The molecule has 1 atom stereocenters. The van der Waals surface area contributed by atoms with Crippen LogP contribution in [0.5, 0.6) is 5.75 Å². The summed E-state index contributed by atoms with van der Waals surface area (Å²) in [6, 6.07) is 16.9. The van der Waals surface area contributed by atoms with Crippen LogP contribution in [0.4, 0.5) is 11.5 Å². The maximum Gasteiger partial charge on any atom is 0.351 e. The second kappa shape index (κ2) is 10.5. The SMILES string of the molecule is CCC(C(=O)c1ccc(Cl)cc1)n1ncn(-c2ccc(N3CCN(c4ccc(O)cc4)CC3)nc2)c1=O. The number of aromatic nitrogens is 4. The Morgan fingerprint density at radius 2 is 1.59 bits per heavy atom. The van der Waals surface area contributed by atoms with E-state index in [-0.39, 0.29) is 11.5 Å². The number of nitrogens with zero attached hydrogens (tertiary/aromatic N) is 6. The van der Waals surface area contributed by atoms with Gasteiger partial charge in [0, 0.05) is 42.5 Å². The molecule has 1 unspecified atom stereocenters. The fourth-order valence-corrected chi connectivity index (χ4v) is 4.67. The molecule has 4 aromatic rings. The number of halogens is 1. The molecule has 190 valence electrons. The first-order chi connectivity index (χ1) is 17.9. The molecule has 1 aliphatic heterocycles. The van der Waals surface area contributed by atoms with Gasteiger partial charge in [-0.05, 0) is 67.1 Å². The van der Waals surface area contributed by atoms with Crippen LogP contribution in [0.15, 0.2) is 78.0 Å². The van der Waals surface area contributed by atoms with Crippen molar-refractivity contribution in [1.29, 1.82) is 0 Å². The lowest BCUT2D eigenvalue weighted by Crippen LogP contribution is -2.46. The quantitative estimate of drug-likeness (QED) is 0.370. The highest BCUT2D eigenvalue weighted by Crippen LogP contribution is 2.22.